The van der Waals surface area contributed by atoms with Gasteiger partial charge in [0.15, 0.2) is 0 Å². The molecule has 0 aromatic carbocycles. The molecule has 1 aliphatic rings. The molecule has 0 aliphatic carbocycles. The molecule has 2 N–H and O–H groups in total. The molecule has 0 spiro atoms. The Morgan fingerprint density at radius 1 is 1.29 bits per heavy atom. The minimum atomic E-state index is -0.187. The predicted molar refractivity (Wildman–Crippen MR) is 96.8 cm³/mol. The normalized spacial score (nSPS) is 16.2. The first kappa shape index (κ1) is 23.1. The topological polar surface area (TPSA) is 84.8 Å². The SMILES string of the molecule is COC(CN)CC(=O)N1CCN(Cc2c(C)noc2C)CC1.Cl.Cl. The minimum Gasteiger partial charge on any atom is -0.380 e. The van der Waals surface area contributed by atoms with Crippen LogP contribution in [0.15, 0.2) is 4.52 Å². The van der Waals surface area contributed by atoms with Crippen LogP contribution in [-0.4, -0.2) is 66.8 Å². The number of halogens is 2. The zero-order valence-corrected chi connectivity index (χ0v) is 16.1. The maximum atomic E-state index is 12.2. The zero-order valence-electron chi connectivity index (χ0n) is 14.5. The third-order valence-corrected chi connectivity index (χ3v) is 4.29. The van der Waals surface area contributed by atoms with E-state index in [0.29, 0.717) is 13.0 Å². The second-order valence-corrected chi connectivity index (χ2v) is 5.76. The summed E-state index contributed by atoms with van der Waals surface area (Å²) in [6.45, 7) is 8.29. The standard InChI is InChI=1S/C15H26N4O3.2ClH/c1-11-14(12(2)22-17-11)10-18-4-6-19(7-5-18)15(20)8-13(9-16)21-3;;/h13H,4-10,16H2,1-3H3;2*1H. The van der Waals surface area contributed by atoms with Gasteiger partial charge in [0.25, 0.3) is 0 Å². The molecule has 0 bridgehead atoms. The van der Waals surface area contributed by atoms with Crippen molar-refractivity contribution in [3.8, 4) is 0 Å². The Labute approximate surface area is 155 Å². The lowest BCUT2D eigenvalue weighted by Crippen LogP contribution is -2.49. The summed E-state index contributed by atoms with van der Waals surface area (Å²) in [5.41, 5.74) is 7.67. The molecule has 140 valence electrons. The number of carbonyl (C=O) groups is 1. The van der Waals surface area contributed by atoms with Gasteiger partial charge in [0.2, 0.25) is 5.91 Å². The fourth-order valence-corrected chi connectivity index (χ4v) is 2.69. The van der Waals surface area contributed by atoms with Gasteiger partial charge in [0.1, 0.15) is 5.76 Å². The lowest BCUT2D eigenvalue weighted by molar-refractivity contribution is -0.135. The Morgan fingerprint density at radius 3 is 2.38 bits per heavy atom. The molecule has 24 heavy (non-hydrogen) atoms. The van der Waals surface area contributed by atoms with E-state index in [9.17, 15) is 4.79 Å². The Balaban J connectivity index is 0.00000264. The molecular weight excluding hydrogens is 355 g/mol. The molecular formula is C15H28Cl2N4O3. The monoisotopic (exact) mass is 382 g/mol. The minimum absolute atomic E-state index is 0. The lowest BCUT2D eigenvalue weighted by Gasteiger charge is -2.35. The van der Waals surface area contributed by atoms with Gasteiger partial charge in [-0.2, -0.15) is 0 Å². The highest BCUT2D eigenvalue weighted by molar-refractivity contribution is 5.85. The number of nitrogens with zero attached hydrogens (tertiary/aromatic N) is 3. The van der Waals surface area contributed by atoms with Crippen molar-refractivity contribution in [2.45, 2.75) is 32.9 Å². The fraction of sp³-hybridized carbons (Fsp3) is 0.733. The molecule has 0 saturated carbocycles. The van der Waals surface area contributed by atoms with Crippen molar-refractivity contribution in [3.05, 3.63) is 17.0 Å². The second kappa shape index (κ2) is 10.9. The van der Waals surface area contributed by atoms with Crippen LogP contribution < -0.4 is 5.73 Å². The van der Waals surface area contributed by atoms with Crippen molar-refractivity contribution in [1.29, 1.82) is 0 Å². The lowest BCUT2D eigenvalue weighted by atomic mass is 10.1. The third-order valence-electron chi connectivity index (χ3n) is 4.29. The molecule has 1 aromatic heterocycles. The Bertz CT molecular complexity index is 481. The van der Waals surface area contributed by atoms with E-state index >= 15 is 0 Å². The highest BCUT2D eigenvalue weighted by Crippen LogP contribution is 2.16. The number of amides is 1. The molecule has 1 unspecified atom stereocenters. The van der Waals surface area contributed by atoms with Crippen LogP contribution in [0.25, 0.3) is 0 Å². The average molecular weight is 383 g/mol. The number of methoxy groups -OCH3 is 1. The van der Waals surface area contributed by atoms with Crippen LogP contribution in [0.1, 0.15) is 23.4 Å². The van der Waals surface area contributed by atoms with Gasteiger partial charge >= 0.3 is 0 Å². The van der Waals surface area contributed by atoms with E-state index in [0.717, 1.165) is 49.7 Å². The van der Waals surface area contributed by atoms with Gasteiger partial charge in [0, 0.05) is 51.9 Å². The molecule has 1 aromatic rings. The van der Waals surface area contributed by atoms with Gasteiger partial charge in [-0.15, -0.1) is 24.8 Å². The van der Waals surface area contributed by atoms with Gasteiger partial charge in [-0.1, -0.05) is 5.16 Å². The summed E-state index contributed by atoms with van der Waals surface area (Å²) in [6, 6.07) is 0. The summed E-state index contributed by atoms with van der Waals surface area (Å²) in [7, 11) is 1.59. The quantitative estimate of drug-likeness (QED) is 0.793. The molecule has 0 radical (unpaired) electrons. The number of aryl methyl sites for hydroxylation is 2. The van der Waals surface area contributed by atoms with Crippen LogP contribution >= 0.6 is 24.8 Å². The maximum Gasteiger partial charge on any atom is 0.225 e. The number of carbonyl (C=O) groups excluding carboxylic acids is 1. The number of nitrogens with two attached hydrogens (primary N) is 1. The average Bonchev–Trinajstić information content (AvgIpc) is 2.85. The second-order valence-electron chi connectivity index (χ2n) is 5.76. The molecule has 1 atom stereocenters. The van der Waals surface area contributed by atoms with Gasteiger partial charge in [0.05, 0.1) is 18.2 Å². The van der Waals surface area contributed by atoms with Crippen molar-refractivity contribution in [1.82, 2.24) is 15.0 Å². The van der Waals surface area contributed by atoms with Crippen molar-refractivity contribution < 1.29 is 14.1 Å². The van der Waals surface area contributed by atoms with E-state index in [1.807, 2.05) is 18.7 Å². The van der Waals surface area contributed by atoms with Gasteiger partial charge in [-0.25, -0.2) is 0 Å². The zero-order chi connectivity index (χ0) is 16.1. The van der Waals surface area contributed by atoms with Gasteiger partial charge in [-0.05, 0) is 13.8 Å². The molecule has 1 aliphatic heterocycles. The number of rotatable bonds is 6. The Kier molecular flexibility index (Phi) is 10.5. The Hall–Kier alpha value is -0.860. The summed E-state index contributed by atoms with van der Waals surface area (Å²) >= 11 is 0. The van der Waals surface area contributed by atoms with Crippen LogP contribution in [0.5, 0.6) is 0 Å². The summed E-state index contributed by atoms with van der Waals surface area (Å²) in [6.07, 6.45) is 0.171. The number of hydrogen-bond donors (Lipinski definition) is 1. The van der Waals surface area contributed by atoms with Crippen molar-refractivity contribution in [3.63, 3.8) is 0 Å². The number of aromatic nitrogens is 1. The van der Waals surface area contributed by atoms with Gasteiger partial charge in [-0.3, -0.25) is 9.69 Å². The third kappa shape index (κ3) is 5.89. The van der Waals surface area contributed by atoms with Crippen LogP contribution in [0.2, 0.25) is 0 Å². The largest absolute Gasteiger partial charge is 0.380 e. The van der Waals surface area contributed by atoms with Crippen LogP contribution in [0, 0.1) is 13.8 Å². The first-order valence-electron chi connectivity index (χ1n) is 7.69. The maximum absolute atomic E-state index is 12.2. The highest BCUT2D eigenvalue weighted by Gasteiger charge is 2.24. The number of piperazine rings is 1. The highest BCUT2D eigenvalue weighted by atomic mass is 35.5. The molecule has 2 rings (SSSR count). The molecule has 1 saturated heterocycles. The number of ether oxygens (including phenoxy) is 1. The van der Waals surface area contributed by atoms with E-state index in [-0.39, 0.29) is 36.8 Å². The number of hydrogen-bond acceptors (Lipinski definition) is 6. The molecule has 2 heterocycles. The first-order valence-corrected chi connectivity index (χ1v) is 7.69. The van der Waals surface area contributed by atoms with E-state index in [1.165, 1.54) is 0 Å². The first-order chi connectivity index (χ1) is 10.5. The predicted octanol–water partition coefficient (Wildman–Crippen LogP) is 1.14. The Morgan fingerprint density at radius 2 is 1.92 bits per heavy atom. The fourth-order valence-electron chi connectivity index (χ4n) is 2.69. The molecule has 1 amide bonds. The summed E-state index contributed by atoms with van der Waals surface area (Å²) in [4.78, 5) is 16.4. The molecule has 7 nitrogen and oxygen atoms in total. The smallest absolute Gasteiger partial charge is 0.225 e. The van der Waals surface area contributed by atoms with Crippen molar-refractivity contribution in [2.75, 3.05) is 39.8 Å². The molecule has 1 fully saturated rings. The van der Waals surface area contributed by atoms with E-state index < -0.39 is 0 Å². The van der Waals surface area contributed by atoms with Gasteiger partial charge < -0.3 is 19.9 Å². The molecule has 9 heteroatoms. The van der Waals surface area contributed by atoms with Crippen molar-refractivity contribution in [2.24, 2.45) is 5.73 Å². The van der Waals surface area contributed by atoms with Crippen LogP contribution in [0.3, 0.4) is 0 Å². The van der Waals surface area contributed by atoms with Crippen LogP contribution in [-0.2, 0) is 16.1 Å². The van der Waals surface area contributed by atoms with Crippen molar-refractivity contribution >= 4 is 30.7 Å². The van der Waals surface area contributed by atoms with E-state index in [1.54, 1.807) is 7.11 Å². The van der Waals surface area contributed by atoms with E-state index in [2.05, 4.69) is 10.1 Å². The summed E-state index contributed by atoms with van der Waals surface area (Å²) in [5.74, 6) is 0.996. The summed E-state index contributed by atoms with van der Waals surface area (Å²) in [5, 5.41) is 3.98. The summed E-state index contributed by atoms with van der Waals surface area (Å²) < 4.78 is 10.4. The van der Waals surface area contributed by atoms with E-state index in [4.69, 9.17) is 15.0 Å². The van der Waals surface area contributed by atoms with Crippen LogP contribution in [0.4, 0.5) is 0 Å².